The summed E-state index contributed by atoms with van der Waals surface area (Å²) in [5.41, 5.74) is 0. The molecule has 0 bridgehead atoms. The predicted molar refractivity (Wildman–Crippen MR) is 74.7 cm³/mol. The fraction of sp³-hybridized carbons (Fsp3) is 1.00. The lowest BCUT2D eigenvalue weighted by atomic mass is 9.90. The van der Waals surface area contributed by atoms with Crippen LogP contribution in [0.3, 0.4) is 0 Å². The molecule has 0 aromatic carbocycles. The Kier molecular flexibility index (Phi) is 7.15. The summed E-state index contributed by atoms with van der Waals surface area (Å²) in [5.74, 6) is 0.676. The Morgan fingerprint density at radius 1 is 1.22 bits per heavy atom. The van der Waals surface area contributed by atoms with E-state index in [-0.39, 0.29) is 6.29 Å². The van der Waals surface area contributed by atoms with Crippen LogP contribution in [0, 0.1) is 5.92 Å². The predicted octanol–water partition coefficient (Wildman–Crippen LogP) is 1.70. The van der Waals surface area contributed by atoms with Gasteiger partial charge in [0.2, 0.25) is 0 Å². The molecular formula is C14H30N2O2. The number of nitrogens with zero attached hydrogens (tertiary/aromatic N) is 1. The van der Waals surface area contributed by atoms with Crippen LogP contribution in [0.1, 0.15) is 34.1 Å². The van der Waals surface area contributed by atoms with Gasteiger partial charge in [0.05, 0.1) is 0 Å². The first kappa shape index (κ1) is 15.9. The largest absolute Gasteiger partial charge is 0.352 e. The summed E-state index contributed by atoms with van der Waals surface area (Å²) < 4.78 is 11.1. The van der Waals surface area contributed by atoms with Crippen molar-refractivity contribution in [1.29, 1.82) is 0 Å². The van der Waals surface area contributed by atoms with Gasteiger partial charge in [0.1, 0.15) is 0 Å². The highest BCUT2D eigenvalue weighted by molar-refractivity contribution is 4.86. The van der Waals surface area contributed by atoms with Crippen LogP contribution in [-0.4, -0.2) is 56.6 Å². The lowest BCUT2D eigenvalue weighted by Crippen LogP contribution is -2.52. The van der Waals surface area contributed by atoms with E-state index >= 15 is 0 Å². The summed E-state index contributed by atoms with van der Waals surface area (Å²) in [6, 6.07) is 1.22. The molecule has 1 aliphatic heterocycles. The van der Waals surface area contributed by atoms with E-state index in [2.05, 4.69) is 31.1 Å². The van der Waals surface area contributed by atoms with E-state index in [1.807, 2.05) is 13.8 Å². The number of rotatable bonds is 7. The van der Waals surface area contributed by atoms with E-state index in [0.29, 0.717) is 31.2 Å². The normalized spacial score (nSPS) is 30.0. The summed E-state index contributed by atoms with van der Waals surface area (Å²) in [4.78, 5) is 2.44. The summed E-state index contributed by atoms with van der Waals surface area (Å²) in [6.07, 6.45) is 1.09. The van der Waals surface area contributed by atoms with Crippen molar-refractivity contribution in [3.63, 3.8) is 0 Å². The quantitative estimate of drug-likeness (QED) is 0.705. The van der Waals surface area contributed by atoms with Crippen molar-refractivity contribution in [2.45, 2.75) is 52.5 Å². The smallest absolute Gasteiger partial charge is 0.169 e. The Hall–Kier alpha value is -0.160. The molecule has 0 aromatic rings. The molecular weight excluding hydrogens is 228 g/mol. The third-order valence-electron chi connectivity index (χ3n) is 3.86. The molecule has 0 aliphatic carbocycles. The van der Waals surface area contributed by atoms with Crippen molar-refractivity contribution in [2.75, 3.05) is 33.4 Å². The Morgan fingerprint density at radius 2 is 1.83 bits per heavy atom. The molecule has 1 N–H and O–H groups in total. The Morgan fingerprint density at radius 3 is 2.39 bits per heavy atom. The van der Waals surface area contributed by atoms with Gasteiger partial charge in [-0.2, -0.15) is 0 Å². The second kappa shape index (κ2) is 8.10. The minimum Gasteiger partial charge on any atom is -0.352 e. The Labute approximate surface area is 112 Å². The molecule has 0 aromatic heterocycles. The SMILES string of the molecule is CCOC(CNC1CC(C)N(C)CC1C)OCC. The van der Waals surface area contributed by atoms with Gasteiger partial charge in [-0.3, -0.25) is 0 Å². The van der Waals surface area contributed by atoms with Crippen LogP contribution >= 0.6 is 0 Å². The first-order valence-electron chi connectivity index (χ1n) is 7.25. The zero-order valence-corrected chi connectivity index (χ0v) is 12.6. The number of piperidine rings is 1. The van der Waals surface area contributed by atoms with Crippen LogP contribution in [-0.2, 0) is 9.47 Å². The molecule has 1 heterocycles. The molecule has 3 atom stereocenters. The molecule has 108 valence electrons. The topological polar surface area (TPSA) is 33.7 Å². The molecule has 4 nitrogen and oxygen atoms in total. The molecule has 1 saturated heterocycles. The van der Waals surface area contributed by atoms with Gasteiger partial charge in [0.15, 0.2) is 6.29 Å². The second-order valence-corrected chi connectivity index (χ2v) is 5.36. The maximum atomic E-state index is 5.56. The van der Waals surface area contributed by atoms with E-state index in [1.54, 1.807) is 0 Å². The molecule has 4 heteroatoms. The number of ether oxygens (including phenoxy) is 2. The van der Waals surface area contributed by atoms with Crippen molar-refractivity contribution >= 4 is 0 Å². The Balaban J connectivity index is 2.36. The van der Waals surface area contributed by atoms with E-state index in [0.717, 1.165) is 13.1 Å². The van der Waals surface area contributed by atoms with Gasteiger partial charge in [-0.1, -0.05) is 6.92 Å². The van der Waals surface area contributed by atoms with Crippen LogP contribution < -0.4 is 5.32 Å². The number of nitrogens with one attached hydrogen (secondary N) is 1. The third kappa shape index (κ3) is 4.84. The second-order valence-electron chi connectivity index (χ2n) is 5.36. The highest BCUT2D eigenvalue weighted by atomic mass is 16.7. The average Bonchev–Trinajstić information content (AvgIpc) is 2.32. The van der Waals surface area contributed by atoms with Gasteiger partial charge in [-0.15, -0.1) is 0 Å². The van der Waals surface area contributed by atoms with E-state index < -0.39 is 0 Å². The zero-order valence-electron chi connectivity index (χ0n) is 12.6. The van der Waals surface area contributed by atoms with Crippen molar-refractivity contribution in [3.8, 4) is 0 Å². The van der Waals surface area contributed by atoms with E-state index in [4.69, 9.17) is 9.47 Å². The lowest BCUT2D eigenvalue weighted by Gasteiger charge is -2.40. The summed E-state index contributed by atoms with van der Waals surface area (Å²) in [5, 5.41) is 3.62. The molecule has 18 heavy (non-hydrogen) atoms. The number of likely N-dealkylation sites (tertiary alicyclic amines) is 1. The fourth-order valence-electron chi connectivity index (χ4n) is 2.61. The highest BCUT2D eigenvalue weighted by Crippen LogP contribution is 2.20. The number of hydrogen-bond donors (Lipinski definition) is 1. The fourth-order valence-corrected chi connectivity index (χ4v) is 2.61. The van der Waals surface area contributed by atoms with Crippen molar-refractivity contribution in [2.24, 2.45) is 5.92 Å². The summed E-state index contributed by atoms with van der Waals surface area (Å²) in [6.45, 7) is 12.0. The first-order chi connectivity index (χ1) is 8.58. The van der Waals surface area contributed by atoms with Crippen LogP contribution in [0.5, 0.6) is 0 Å². The van der Waals surface area contributed by atoms with Gasteiger partial charge < -0.3 is 19.7 Å². The molecule has 1 aliphatic rings. The molecule has 1 rings (SSSR count). The highest BCUT2D eigenvalue weighted by Gasteiger charge is 2.28. The molecule has 0 amide bonds. The van der Waals surface area contributed by atoms with Gasteiger partial charge in [0.25, 0.3) is 0 Å². The number of hydrogen-bond acceptors (Lipinski definition) is 4. The van der Waals surface area contributed by atoms with Gasteiger partial charge in [-0.05, 0) is 40.2 Å². The third-order valence-corrected chi connectivity index (χ3v) is 3.86. The van der Waals surface area contributed by atoms with Crippen molar-refractivity contribution < 1.29 is 9.47 Å². The van der Waals surface area contributed by atoms with Gasteiger partial charge >= 0.3 is 0 Å². The molecule has 0 spiro atoms. The molecule has 0 radical (unpaired) electrons. The van der Waals surface area contributed by atoms with Crippen LogP contribution in [0.2, 0.25) is 0 Å². The molecule has 3 unspecified atom stereocenters. The Bertz CT molecular complexity index is 220. The maximum absolute atomic E-state index is 5.56. The average molecular weight is 258 g/mol. The minimum atomic E-state index is -0.109. The summed E-state index contributed by atoms with van der Waals surface area (Å²) in [7, 11) is 2.21. The van der Waals surface area contributed by atoms with E-state index in [9.17, 15) is 0 Å². The van der Waals surface area contributed by atoms with E-state index in [1.165, 1.54) is 6.42 Å². The first-order valence-corrected chi connectivity index (χ1v) is 7.25. The minimum absolute atomic E-state index is 0.109. The summed E-state index contributed by atoms with van der Waals surface area (Å²) >= 11 is 0. The maximum Gasteiger partial charge on any atom is 0.169 e. The van der Waals surface area contributed by atoms with Gasteiger partial charge in [0, 0.05) is 38.4 Å². The van der Waals surface area contributed by atoms with Crippen LogP contribution in [0.25, 0.3) is 0 Å². The molecule has 0 saturated carbocycles. The monoisotopic (exact) mass is 258 g/mol. The van der Waals surface area contributed by atoms with Crippen LogP contribution in [0.15, 0.2) is 0 Å². The lowest BCUT2D eigenvalue weighted by molar-refractivity contribution is -0.134. The standard InChI is InChI=1S/C14H30N2O2/c1-6-17-14(18-7-2)9-15-13-8-12(4)16(5)10-11(13)3/h11-15H,6-10H2,1-5H3. The van der Waals surface area contributed by atoms with Gasteiger partial charge in [-0.25, -0.2) is 0 Å². The van der Waals surface area contributed by atoms with Crippen molar-refractivity contribution in [1.82, 2.24) is 10.2 Å². The zero-order chi connectivity index (χ0) is 13.5. The van der Waals surface area contributed by atoms with Crippen LogP contribution in [0.4, 0.5) is 0 Å². The molecule has 1 fully saturated rings. The van der Waals surface area contributed by atoms with Crippen molar-refractivity contribution in [3.05, 3.63) is 0 Å².